The minimum absolute atomic E-state index is 0.0652. The molecule has 0 saturated carbocycles. The summed E-state index contributed by atoms with van der Waals surface area (Å²) in [5.74, 6) is 0.604. The van der Waals surface area contributed by atoms with Crippen molar-refractivity contribution in [1.29, 1.82) is 0 Å². The number of nitrogens with zero attached hydrogens (tertiary/aromatic N) is 3. The molecule has 0 spiro atoms. The van der Waals surface area contributed by atoms with Gasteiger partial charge in [0.15, 0.2) is 0 Å². The van der Waals surface area contributed by atoms with Crippen LogP contribution in [0.3, 0.4) is 0 Å². The van der Waals surface area contributed by atoms with Gasteiger partial charge in [0.1, 0.15) is 5.75 Å². The molecule has 0 bridgehead atoms. The molecular formula is C22H25N3O5. The van der Waals surface area contributed by atoms with Crippen LogP contribution < -0.4 is 4.74 Å². The highest BCUT2D eigenvalue weighted by atomic mass is 16.6. The molecule has 2 aromatic carbocycles. The third-order valence-electron chi connectivity index (χ3n) is 5.23. The number of benzene rings is 2. The summed E-state index contributed by atoms with van der Waals surface area (Å²) in [7, 11) is 1.62. The van der Waals surface area contributed by atoms with E-state index in [-0.39, 0.29) is 17.5 Å². The molecule has 0 radical (unpaired) electrons. The number of nitro benzene ring substituents is 1. The topological polar surface area (TPSA) is 93.0 Å². The van der Waals surface area contributed by atoms with Crippen molar-refractivity contribution in [2.24, 2.45) is 0 Å². The van der Waals surface area contributed by atoms with Crippen molar-refractivity contribution in [3.8, 4) is 5.75 Å². The maximum atomic E-state index is 12.8. The molecule has 0 unspecified atom stereocenters. The Bertz CT molecular complexity index is 913. The molecule has 0 aromatic heterocycles. The van der Waals surface area contributed by atoms with Gasteiger partial charge in [-0.3, -0.25) is 19.7 Å². The molecule has 8 nitrogen and oxygen atoms in total. The van der Waals surface area contributed by atoms with Crippen LogP contribution in [0.4, 0.5) is 5.69 Å². The number of ether oxygens (including phenoxy) is 1. The zero-order chi connectivity index (χ0) is 21.5. The second kappa shape index (κ2) is 9.87. The fourth-order valence-electron chi connectivity index (χ4n) is 3.51. The Hall–Kier alpha value is -3.42. The first-order chi connectivity index (χ1) is 14.5. The minimum atomic E-state index is -0.511. The highest BCUT2D eigenvalue weighted by Crippen LogP contribution is 2.17. The van der Waals surface area contributed by atoms with Crippen molar-refractivity contribution in [2.75, 3.05) is 33.3 Å². The van der Waals surface area contributed by atoms with E-state index in [1.54, 1.807) is 23.0 Å². The largest absolute Gasteiger partial charge is 0.497 e. The lowest BCUT2D eigenvalue weighted by Gasteiger charge is -2.22. The van der Waals surface area contributed by atoms with Gasteiger partial charge in [0.2, 0.25) is 5.91 Å². The smallest absolute Gasteiger partial charge is 0.270 e. The molecule has 1 fully saturated rings. The van der Waals surface area contributed by atoms with Crippen molar-refractivity contribution in [2.45, 2.75) is 19.3 Å². The maximum Gasteiger partial charge on any atom is 0.270 e. The van der Waals surface area contributed by atoms with Crippen molar-refractivity contribution < 1.29 is 19.2 Å². The Balaban J connectivity index is 1.54. The van der Waals surface area contributed by atoms with Crippen LogP contribution in [-0.4, -0.2) is 59.8 Å². The lowest BCUT2D eigenvalue weighted by Crippen LogP contribution is -2.37. The molecule has 158 valence electrons. The highest BCUT2D eigenvalue weighted by Gasteiger charge is 2.23. The summed E-state index contributed by atoms with van der Waals surface area (Å²) >= 11 is 0. The first kappa shape index (κ1) is 21.3. The van der Waals surface area contributed by atoms with Crippen molar-refractivity contribution in [1.82, 2.24) is 9.80 Å². The Kier molecular flexibility index (Phi) is 7.00. The van der Waals surface area contributed by atoms with Crippen molar-refractivity contribution >= 4 is 17.5 Å². The van der Waals surface area contributed by atoms with Gasteiger partial charge in [-0.15, -0.1) is 0 Å². The maximum absolute atomic E-state index is 12.8. The second-order valence-electron chi connectivity index (χ2n) is 7.18. The number of non-ortho nitro benzene ring substituents is 1. The van der Waals surface area contributed by atoms with Gasteiger partial charge in [-0.25, -0.2) is 0 Å². The summed E-state index contributed by atoms with van der Waals surface area (Å²) < 4.78 is 5.14. The second-order valence-corrected chi connectivity index (χ2v) is 7.18. The lowest BCUT2D eigenvalue weighted by molar-refractivity contribution is -0.384. The van der Waals surface area contributed by atoms with Crippen LogP contribution in [0.1, 0.15) is 28.8 Å². The predicted molar refractivity (Wildman–Crippen MR) is 112 cm³/mol. The predicted octanol–water partition coefficient (Wildman–Crippen LogP) is 2.91. The zero-order valence-corrected chi connectivity index (χ0v) is 17.0. The van der Waals surface area contributed by atoms with E-state index >= 15 is 0 Å². The first-order valence-electron chi connectivity index (χ1n) is 9.92. The van der Waals surface area contributed by atoms with Crippen LogP contribution in [0.25, 0.3) is 0 Å². The number of nitro groups is 1. The molecule has 0 N–H and O–H groups in total. The van der Waals surface area contributed by atoms with Gasteiger partial charge in [-0.2, -0.15) is 0 Å². The molecule has 1 heterocycles. The molecular weight excluding hydrogens is 386 g/mol. The molecule has 1 saturated heterocycles. The molecule has 8 heteroatoms. The normalized spacial score (nSPS) is 14.2. The fraction of sp³-hybridized carbons (Fsp3) is 0.364. The number of hydrogen-bond donors (Lipinski definition) is 0. The molecule has 2 amide bonds. The van der Waals surface area contributed by atoms with Gasteiger partial charge in [-0.05, 0) is 36.6 Å². The monoisotopic (exact) mass is 411 g/mol. The molecule has 1 aliphatic rings. The van der Waals surface area contributed by atoms with Crippen molar-refractivity contribution in [3.05, 3.63) is 69.8 Å². The molecule has 3 rings (SSSR count). The van der Waals surface area contributed by atoms with E-state index in [0.29, 0.717) is 51.0 Å². The highest BCUT2D eigenvalue weighted by molar-refractivity contribution is 5.95. The zero-order valence-electron chi connectivity index (χ0n) is 17.0. The standard InChI is InChI=1S/C22H25N3O5/c1-30-20-9-6-17(7-10-20)8-11-21(26)23-12-3-13-24(15-14-23)22(27)18-4-2-5-19(16-18)25(28)29/h2,4-7,9-10,16H,3,8,11-15H2,1H3. The molecule has 30 heavy (non-hydrogen) atoms. The number of carbonyl (C=O) groups is 2. The summed E-state index contributed by atoms with van der Waals surface area (Å²) in [5, 5.41) is 11.0. The summed E-state index contributed by atoms with van der Waals surface area (Å²) in [5.41, 5.74) is 1.26. The van der Waals surface area contributed by atoms with Crippen LogP contribution in [0.2, 0.25) is 0 Å². The fourth-order valence-corrected chi connectivity index (χ4v) is 3.51. The Morgan fingerprint density at radius 3 is 2.43 bits per heavy atom. The SMILES string of the molecule is COc1ccc(CCC(=O)N2CCCN(C(=O)c3cccc([N+](=O)[O-])c3)CC2)cc1. The van der Waals surface area contributed by atoms with Gasteiger partial charge in [0.05, 0.1) is 12.0 Å². The van der Waals surface area contributed by atoms with E-state index in [2.05, 4.69) is 0 Å². The van der Waals surface area contributed by atoms with Crippen molar-refractivity contribution in [3.63, 3.8) is 0 Å². The summed E-state index contributed by atoms with van der Waals surface area (Å²) in [6, 6.07) is 13.4. The summed E-state index contributed by atoms with van der Waals surface area (Å²) in [6.07, 6.45) is 1.73. The van der Waals surface area contributed by atoms with E-state index < -0.39 is 4.92 Å². The van der Waals surface area contributed by atoms with E-state index in [0.717, 1.165) is 11.3 Å². The molecule has 1 aliphatic heterocycles. The van der Waals surface area contributed by atoms with Crippen LogP contribution in [-0.2, 0) is 11.2 Å². The molecule has 0 atom stereocenters. The Morgan fingerprint density at radius 1 is 1.03 bits per heavy atom. The van der Waals surface area contributed by atoms with Gasteiger partial charge < -0.3 is 14.5 Å². The number of hydrogen-bond acceptors (Lipinski definition) is 5. The third-order valence-corrected chi connectivity index (χ3v) is 5.23. The van der Waals surface area contributed by atoms with Crippen LogP contribution in [0, 0.1) is 10.1 Å². The van der Waals surface area contributed by atoms with Gasteiger partial charge in [0, 0.05) is 50.3 Å². The number of rotatable bonds is 6. The number of amides is 2. The number of aryl methyl sites for hydroxylation is 1. The van der Waals surface area contributed by atoms with Crippen LogP contribution in [0.5, 0.6) is 5.75 Å². The van der Waals surface area contributed by atoms with Gasteiger partial charge in [0.25, 0.3) is 11.6 Å². The van der Waals surface area contributed by atoms with Crippen LogP contribution in [0.15, 0.2) is 48.5 Å². The van der Waals surface area contributed by atoms with E-state index in [9.17, 15) is 19.7 Å². The Labute approximate surface area is 175 Å². The molecule has 2 aromatic rings. The number of methoxy groups -OCH3 is 1. The average molecular weight is 411 g/mol. The molecule has 0 aliphatic carbocycles. The third kappa shape index (κ3) is 5.34. The van der Waals surface area contributed by atoms with Gasteiger partial charge >= 0.3 is 0 Å². The van der Waals surface area contributed by atoms with E-state index in [4.69, 9.17) is 4.74 Å². The summed E-state index contributed by atoms with van der Waals surface area (Å²) in [6.45, 7) is 1.99. The number of carbonyl (C=O) groups excluding carboxylic acids is 2. The Morgan fingerprint density at radius 2 is 1.73 bits per heavy atom. The van der Waals surface area contributed by atoms with Gasteiger partial charge in [-0.1, -0.05) is 18.2 Å². The van der Waals surface area contributed by atoms with Crippen LogP contribution >= 0.6 is 0 Å². The lowest BCUT2D eigenvalue weighted by atomic mass is 10.1. The first-order valence-corrected chi connectivity index (χ1v) is 9.92. The van der Waals surface area contributed by atoms with E-state index in [1.807, 2.05) is 24.3 Å². The average Bonchev–Trinajstić information content (AvgIpc) is 3.03. The van der Waals surface area contributed by atoms with E-state index in [1.165, 1.54) is 18.2 Å². The summed E-state index contributed by atoms with van der Waals surface area (Å²) in [4.78, 5) is 39.3. The quantitative estimate of drug-likeness (QED) is 0.538. The minimum Gasteiger partial charge on any atom is -0.497 e.